The summed E-state index contributed by atoms with van der Waals surface area (Å²) in [5, 5.41) is 3.19. The van der Waals surface area contributed by atoms with E-state index in [2.05, 4.69) is 10.3 Å². The molecule has 2 N–H and O–H groups in total. The van der Waals surface area contributed by atoms with Gasteiger partial charge in [-0.25, -0.2) is 9.59 Å². The topological polar surface area (TPSA) is 156 Å². The Morgan fingerprint density at radius 1 is 0.933 bits per heavy atom. The number of carbonyl (C=O) groups excluding carboxylic acids is 2. The third-order valence-electron chi connectivity index (χ3n) is 9.37. The lowest BCUT2D eigenvalue weighted by Crippen LogP contribution is -2.58. The first-order valence-corrected chi connectivity index (χ1v) is 14.5. The Morgan fingerprint density at radius 2 is 1.62 bits per heavy atom. The maximum absolute atomic E-state index is 15.0. The maximum Gasteiger partial charge on any atom is 0.329 e. The van der Waals surface area contributed by atoms with Crippen molar-refractivity contribution in [1.82, 2.24) is 18.7 Å². The van der Waals surface area contributed by atoms with E-state index in [1.165, 1.54) is 41.0 Å². The van der Waals surface area contributed by atoms with E-state index in [9.17, 15) is 24.0 Å². The van der Waals surface area contributed by atoms with Crippen molar-refractivity contribution < 1.29 is 23.8 Å². The first-order valence-electron chi connectivity index (χ1n) is 14.1. The second kappa shape index (κ2) is 9.48. The third kappa shape index (κ3) is 3.52. The number of aromatic nitrogens is 4. The number of nitrogens with one attached hydrogen (secondary N) is 2. The number of fused-ring (bicyclic) bond motifs is 3. The van der Waals surface area contributed by atoms with Crippen LogP contribution < -0.4 is 36.5 Å². The normalized spacial score (nSPS) is 21.8. The molecule has 14 heteroatoms. The number of H-pyrrole nitrogens is 1. The first-order chi connectivity index (χ1) is 21.4. The van der Waals surface area contributed by atoms with E-state index in [0.717, 1.165) is 0 Å². The van der Waals surface area contributed by atoms with Crippen molar-refractivity contribution in [2.75, 3.05) is 19.5 Å². The smallest absolute Gasteiger partial charge is 0.329 e. The molecule has 0 bridgehead atoms. The van der Waals surface area contributed by atoms with Gasteiger partial charge in [-0.3, -0.25) is 33.1 Å². The highest BCUT2D eigenvalue weighted by Gasteiger charge is 2.63. The number of imidazole rings is 1. The molecule has 1 aliphatic carbocycles. The summed E-state index contributed by atoms with van der Waals surface area (Å²) in [5.74, 6) is -2.48. The molecule has 2 aliphatic heterocycles. The van der Waals surface area contributed by atoms with Crippen molar-refractivity contribution in [3.8, 4) is 17.2 Å². The molecule has 3 aliphatic rings. The second-order valence-electron chi connectivity index (χ2n) is 11.6. The highest BCUT2D eigenvalue weighted by molar-refractivity contribution is 6.36. The van der Waals surface area contributed by atoms with Crippen LogP contribution in [0.4, 0.5) is 5.82 Å². The van der Waals surface area contributed by atoms with Crippen LogP contribution in [0.3, 0.4) is 0 Å². The van der Waals surface area contributed by atoms with Crippen LogP contribution in [-0.4, -0.2) is 50.1 Å². The van der Waals surface area contributed by atoms with Gasteiger partial charge < -0.3 is 19.5 Å². The SMILES string of the molecule is COc1cc(OC)c2c(c1Cl)OC1(C(=O)C3=C(CC1C)Nc1c(c(=O)[nH]c(=O)n1C)C3c1ccc3c(c1)n(C)c(=O)n3C)C2=O. The molecule has 45 heavy (non-hydrogen) atoms. The van der Waals surface area contributed by atoms with Crippen molar-refractivity contribution in [2.24, 2.45) is 27.1 Å². The Labute approximate surface area is 259 Å². The fraction of sp³-hybridized carbons (Fsp3) is 0.323. The highest BCUT2D eigenvalue weighted by atomic mass is 35.5. The van der Waals surface area contributed by atoms with Gasteiger partial charge in [-0.1, -0.05) is 24.6 Å². The lowest BCUT2D eigenvalue weighted by molar-refractivity contribution is -0.130. The molecule has 2 aromatic heterocycles. The molecule has 0 saturated carbocycles. The first kappa shape index (κ1) is 28.7. The quantitative estimate of drug-likeness (QED) is 0.324. The van der Waals surface area contributed by atoms with Crippen LogP contribution in [0, 0.1) is 5.92 Å². The van der Waals surface area contributed by atoms with Crippen molar-refractivity contribution in [1.29, 1.82) is 0 Å². The summed E-state index contributed by atoms with van der Waals surface area (Å²) in [4.78, 5) is 70.7. The van der Waals surface area contributed by atoms with Crippen LogP contribution >= 0.6 is 11.6 Å². The number of ketones is 2. The number of benzene rings is 2. The zero-order valence-corrected chi connectivity index (χ0v) is 25.9. The summed E-state index contributed by atoms with van der Waals surface area (Å²) in [7, 11) is 7.58. The molecule has 0 radical (unpaired) electrons. The van der Waals surface area contributed by atoms with Crippen molar-refractivity contribution >= 4 is 40.0 Å². The molecule has 4 aromatic rings. The molecule has 3 atom stereocenters. The number of rotatable bonds is 3. The molecular formula is C31H28ClN5O8. The standard InChI is InChI=1S/C31H28ClN5O8/c1-12-9-14-20(25(38)31(12)26(39)21-17(43-5)11-18(44-6)23(32)24(21)45-31)19(22-27(33-14)37(4)29(41)34-28(22)40)13-7-8-15-16(10-13)36(3)30(42)35(15)2/h7-8,10-12,19,33H,9H2,1-6H3,(H,34,40,41). The van der Waals surface area contributed by atoms with Gasteiger partial charge in [0.25, 0.3) is 5.56 Å². The van der Waals surface area contributed by atoms with Gasteiger partial charge in [-0.2, -0.15) is 0 Å². The Morgan fingerprint density at radius 3 is 2.31 bits per heavy atom. The van der Waals surface area contributed by atoms with Gasteiger partial charge in [-0.05, 0) is 24.1 Å². The molecule has 0 saturated heterocycles. The predicted octanol–water partition coefficient (Wildman–Crippen LogP) is 2.37. The minimum Gasteiger partial charge on any atom is -0.496 e. The fourth-order valence-corrected chi connectivity index (χ4v) is 7.27. The molecule has 13 nitrogen and oxygen atoms in total. The summed E-state index contributed by atoms with van der Waals surface area (Å²) < 4.78 is 21.4. The van der Waals surface area contributed by atoms with E-state index in [-0.39, 0.29) is 56.9 Å². The minimum atomic E-state index is -2.03. The van der Waals surface area contributed by atoms with E-state index >= 15 is 0 Å². The number of hydrogen-bond donors (Lipinski definition) is 2. The molecule has 0 amide bonds. The van der Waals surface area contributed by atoms with E-state index in [4.69, 9.17) is 25.8 Å². The van der Waals surface area contributed by atoms with Crippen molar-refractivity contribution in [3.63, 3.8) is 0 Å². The summed E-state index contributed by atoms with van der Waals surface area (Å²) >= 11 is 6.61. The molecular weight excluding hydrogens is 606 g/mol. The zero-order chi connectivity index (χ0) is 32.3. The summed E-state index contributed by atoms with van der Waals surface area (Å²) in [6.45, 7) is 1.72. The number of anilines is 1. The molecule has 1 spiro atoms. The minimum absolute atomic E-state index is 0.0175. The maximum atomic E-state index is 15.0. The number of Topliss-reactive ketones (excluding diaryl/α,β-unsaturated/α-hetero) is 2. The van der Waals surface area contributed by atoms with Gasteiger partial charge in [0.15, 0.2) is 5.75 Å². The van der Waals surface area contributed by atoms with Gasteiger partial charge in [0.05, 0.1) is 30.8 Å². The number of aromatic amines is 1. The van der Waals surface area contributed by atoms with Crippen molar-refractivity contribution in [2.45, 2.75) is 24.9 Å². The Hall–Kier alpha value is -5.04. The summed E-state index contributed by atoms with van der Waals surface area (Å²) in [6, 6.07) is 6.66. The summed E-state index contributed by atoms with van der Waals surface area (Å²) in [6.07, 6.45) is 0.154. The van der Waals surface area contributed by atoms with Gasteiger partial charge >= 0.3 is 11.4 Å². The predicted molar refractivity (Wildman–Crippen MR) is 164 cm³/mol. The van der Waals surface area contributed by atoms with Crippen molar-refractivity contribution in [3.05, 3.63) is 88.6 Å². The van der Waals surface area contributed by atoms with Gasteiger partial charge in [0, 0.05) is 50.3 Å². The van der Waals surface area contributed by atoms with E-state index < -0.39 is 40.3 Å². The summed E-state index contributed by atoms with van der Waals surface area (Å²) in [5.41, 5.74) is -1.20. The Balaban J connectivity index is 1.50. The second-order valence-corrected chi connectivity index (χ2v) is 12.0. The van der Waals surface area contributed by atoms with Crippen LogP contribution in [0.15, 0.2) is 49.9 Å². The average Bonchev–Trinajstić information content (AvgIpc) is 3.45. The zero-order valence-electron chi connectivity index (χ0n) is 25.2. The highest BCUT2D eigenvalue weighted by Crippen LogP contribution is 2.56. The molecule has 232 valence electrons. The van der Waals surface area contributed by atoms with Gasteiger partial charge in [0.1, 0.15) is 27.9 Å². The van der Waals surface area contributed by atoms with E-state index in [1.807, 2.05) is 0 Å². The fourth-order valence-electron chi connectivity index (χ4n) is 7.00. The van der Waals surface area contributed by atoms with Crippen LogP contribution in [0.5, 0.6) is 17.2 Å². The molecule has 4 heterocycles. The number of allylic oxidation sites excluding steroid dienone is 1. The van der Waals surface area contributed by atoms with Crippen LogP contribution in [0.25, 0.3) is 11.0 Å². The van der Waals surface area contributed by atoms with Crippen LogP contribution in [0.1, 0.15) is 40.7 Å². The lowest BCUT2D eigenvalue weighted by atomic mass is 9.66. The number of methoxy groups -OCH3 is 2. The van der Waals surface area contributed by atoms with E-state index in [0.29, 0.717) is 22.3 Å². The molecule has 7 rings (SSSR count). The number of aryl methyl sites for hydroxylation is 2. The Kier molecular flexibility index (Phi) is 6.05. The number of hydrogen-bond acceptors (Lipinski definition) is 9. The van der Waals surface area contributed by atoms with E-state index in [1.54, 1.807) is 39.2 Å². The largest absolute Gasteiger partial charge is 0.496 e. The van der Waals surface area contributed by atoms with Gasteiger partial charge in [-0.15, -0.1) is 0 Å². The monoisotopic (exact) mass is 633 g/mol. The average molecular weight is 634 g/mol. The molecule has 2 aromatic carbocycles. The number of halogens is 1. The molecule has 3 unspecified atom stereocenters. The Bertz CT molecular complexity index is 2260. The molecule has 0 fully saturated rings. The third-order valence-corrected chi connectivity index (χ3v) is 9.72. The van der Waals surface area contributed by atoms with Crippen LogP contribution in [0.2, 0.25) is 5.02 Å². The number of ether oxygens (including phenoxy) is 3. The van der Waals surface area contributed by atoms with Crippen LogP contribution in [-0.2, 0) is 25.9 Å². The number of carbonyl (C=O) groups is 2. The number of nitrogens with zero attached hydrogens (tertiary/aromatic N) is 3. The lowest BCUT2D eigenvalue weighted by Gasteiger charge is -2.42. The van der Waals surface area contributed by atoms with Gasteiger partial charge in [0.2, 0.25) is 17.2 Å².